The molecule has 0 heterocycles. The first kappa shape index (κ1) is 23.1. The SMILES string of the molecule is CCCN(CC(=O)Nc1ccccc1OC)S(=O)(=O)c1ccc(OC)c([N+](=O)[O-])c1. The zero-order chi connectivity index (χ0) is 22.3. The third kappa shape index (κ3) is 5.24. The van der Waals surface area contributed by atoms with Gasteiger partial charge in [0.05, 0.1) is 36.3 Å². The van der Waals surface area contributed by atoms with Crippen molar-refractivity contribution in [3.8, 4) is 11.5 Å². The molecule has 11 heteroatoms. The van der Waals surface area contributed by atoms with Crippen LogP contribution >= 0.6 is 0 Å². The maximum Gasteiger partial charge on any atom is 0.312 e. The average Bonchev–Trinajstić information content (AvgIpc) is 2.73. The smallest absolute Gasteiger partial charge is 0.312 e. The Bertz CT molecular complexity index is 1020. The molecule has 1 amide bonds. The van der Waals surface area contributed by atoms with Gasteiger partial charge in [0.1, 0.15) is 5.75 Å². The van der Waals surface area contributed by atoms with Gasteiger partial charge in [-0.1, -0.05) is 19.1 Å². The van der Waals surface area contributed by atoms with Crippen LogP contribution in [0.3, 0.4) is 0 Å². The number of amides is 1. The van der Waals surface area contributed by atoms with Crippen molar-refractivity contribution in [2.24, 2.45) is 0 Å². The summed E-state index contributed by atoms with van der Waals surface area (Å²) >= 11 is 0. The maximum absolute atomic E-state index is 13.1. The number of carbonyl (C=O) groups is 1. The molecule has 1 N–H and O–H groups in total. The number of para-hydroxylation sites is 2. The van der Waals surface area contributed by atoms with E-state index >= 15 is 0 Å². The molecule has 0 aliphatic rings. The molecule has 10 nitrogen and oxygen atoms in total. The van der Waals surface area contributed by atoms with Crippen LogP contribution in [-0.2, 0) is 14.8 Å². The minimum atomic E-state index is -4.17. The summed E-state index contributed by atoms with van der Waals surface area (Å²) in [6.07, 6.45) is 0.444. The van der Waals surface area contributed by atoms with Gasteiger partial charge < -0.3 is 14.8 Å². The molecule has 0 saturated heterocycles. The highest BCUT2D eigenvalue weighted by molar-refractivity contribution is 7.89. The van der Waals surface area contributed by atoms with Crippen molar-refractivity contribution in [2.75, 3.05) is 32.6 Å². The quantitative estimate of drug-likeness (QED) is 0.447. The zero-order valence-electron chi connectivity index (χ0n) is 16.8. The molecule has 0 unspecified atom stereocenters. The summed E-state index contributed by atoms with van der Waals surface area (Å²) in [6, 6.07) is 10.1. The predicted molar refractivity (Wildman–Crippen MR) is 110 cm³/mol. The van der Waals surface area contributed by atoms with Crippen LogP contribution in [0.15, 0.2) is 47.4 Å². The highest BCUT2D eigenvalue weighted by Gasteiger charge is 2.29. The van der Waals surface area contributed by atoms with Crippen LogP contribution in [0.25, 0.3) is 0 Å². The van der Waals surface area contributed by atoms with Gasteiger partial charge in [0.2, 0.25) is 15.9 Å². The average molecular weight is 437 g/mol. The second-order valence-corrected chi connectivity index (χ2v) is 8.12. The van der Waals surface area contributed by atoms with Crippen LogP contribution in [0, 0.1) is 10.1 Å². The van der Waals surface area contributed by atoms with Gasteiger partial charge in [0, 0.05) is 12.6 Å². The zero-order valence-corrected chi connectivity index (χ0v) is 17.6. The third-order valence-corrected chi connectivity index (χ3v) is 6.00. The fourth-order valence-corrected chi connectivity index (χ4v) is 4.26. The van der Waals surface area contributed by atoms with Gasteiger partial charge in [-0.05, 0) is 30.7 Å². The molecular formula is C19H23N3O7S. The van der Waals surface area contributed by atoms with E-state index in [4.69, 9.17) is 9.47 Å². The summed E-state index contributed by atoms with van der Waals surface area (Å²) in [5, 5.41) is 13.9. The second kappa shape index (κ2) is 10.0. The molecule has 0 bridgehead atoms. The van der Waals surface area contributed by atoms with Crippen molar-refractivity contribution in [3.63, 3.8) is 0 Å². The lowest BCUT2D eigenvalue weighted by Gasteiger charge is -2.21. The number of nitro groups is 1. The number of anilines is 1. The number of carbonyl (C=O) groups excluding carboxylic acids is 1. The number of benzene rings is 2. The first-order valence-electron chi connectivity index (χ1n) is 9.00. The highest BCUT2D eigenvalue weighted by atomic mass is 32.2. The first-order chi connectivity index (χ1) is 14.2. The molecule has 2 aromatic rings. The van der Waals surface area contributed by atoms with Crippen molar-refractivity contribution in [1.82, 2.24) is 4.31 Å². The van der Waals surface area contributed by atoms with E-state index in [1.807, 2.05) is 0 Å². The Morgan fingerprint density at radius 1 is 1.13 bits per heavy atom. The standard InChI is InChI=1S/C19H23N3O7S/c1-4-11-21(13-19(23)20-15-7-5-6-8-17(15)28-2)30(26,27)14-9-10-18(29-3)16(12-14)22(24)25/h5-10,12H,4,11,13H2,1-3H3,(H,20,23). The van der Waals surface area contributed by atoms with Crippen molar-refractivity contribution < 1.29 is 27.6 Å². The number of nitro benzene ring substituents is 1. The van der Waals surface area contributed by atoms with E-state index in [2.05, 4.69) is 5.32 Å². The molecule has 0 spiro atoms. The number of hydrogen-bond donors (Lipinski definition) is 1. The van der Waals surface area contributed by atoms with Gasteiger partial charge in [-0.15, -0.1) is 0 Å². The van der Waals surface area contributed by atoms with Crippen LogP contribution in [0.4, 0.5) is 11.4 Å². The van der Waals surface area contributed by atoms with Crippen LogP contribution in [0.2, 0.25) is 0 Å². The molecule has 0 radical (unpaired) electrons. The number of nitrogens with one attached hydrogen (secondary N) is 1. The van der Waals surface area contributed by atoms with Crippen molar-refractivity contribution >= 4 is 27.3 Å². The molecule has 0 saturated carbocycles. The number of nitrogens with zero attached hydrogens (tertiary/aromatic N) is 2. The topological polar surface area (TPSA) is 128 Å². The van der Waals surface area contributed by atoms with Crippen molar-refractivity contribution in [3.05, 3.63) is 52.6 Å². The highest BCUT2D eigenvalue weighted by Crippen LogP contribution is 2.30. The number of hydrogen-bond acceptors (Lipinski definition) is 7. The van der Waals surface area contributed by atoms with E-state index in [0.29, 0.717) is 17.9 Å². The summed E-state index contributed by atoms with van der Waals surface area (Å²) in [7, 11) is -1.46. The number of ether oxygens (including phenoxy) is 2. The Hall–Kier alpha value is -3.18. The Morgan fingerprint density at radius 2 is 1.80 bits per heavy atom. The molecule has 0 aliphatic heterocycles. The Balaban J connectivity index is 2.31. The number of rotatable bonds is 10. The predicted octanol–water partition coefficient (Wildman–Crippen LogP) is 2.65. The molecule has 0 atom stereocenters. The van der Waals surface area contributed by atoms with Crippen LogP contribution in [-0.4, -0.2) is 50.9 Å². The van der Waals surface area contributed by atoms with E-state index in [-0.39, 0.29) is 17.2 Å². The molecular weight excluding hydrogens is 414 g/mol. The molecule has 0 aliphatic carbocycles. The van der Waals surface area contributed by atoms with E-state index in [1.165, 1.54) is 26.4 Å². The normalized spacial score (nSPS) is 11.2. The lowest BCUT2D eigenvalue weighted by Crippen LogP contribution is -2.38. The van der Waals surface area contributed by atoms with Gasteiger partial charge in [0.25, 0.3) is 0 Å². The van der Waals surface area contributed by atoms with Gasteiger partial charge >= 0.3 is 5.69 Å². The van der Waals surface area contributed by atoms with Crippen LogP contribution < -0.4 is 14.8 Å². The minimum Gasteiger partial charge on any atom is -0.495 e. The Morgan fingerprint density at radius 3 is 2.40 bits per heavy atom. The fraction of sp³-hybridized carbons (Fsp3) is 0.316. The van der Waals surface area contributed by atoms with E-state index in [9.17, 15) is 23.3 Å². The molecule has 0 fully saturated rings. The van der Waals surface area contributed by atoms with Crippen molar-refractivity contribution in [2.45, 2.75) is 18.2 Å². The Kier molecular flexibility index (Phi) is 7.72. The molecule has 0 aromatic heterocycles. The van der Waals surface area contributed by atoms with Gasteiger partial charge in [-0.3, -0.25) is 14.9 Å². The van der Waals surface area contributed by atoms with E-state index < -0.39 is 33.1 Å². The molecule has 30 heavy (non-hydrogen) atoms. The number of sulfonamides is 1. The maximum atomic E-state index is 13.1. The molecule has 162 valence electrons. The summed E-state index contributed by atoms with van der Waals surface area (Å²) in [5.41, 5.74) is -0.0765. The second-order valence-electron chi connectivity index (χ2n) is 6.18. The summed E-state index contributed by atoms with van der Waals surface area (Å²) in [4.78, 5) is 22.7. The first-order valence-corrected chi connectivity index (χ1v) is 10.4. The molecule has 2 aromatic carbocycles. The van der Waals surface area contributed by atoms with Crippen molar-refractivity contribution in [1.29, 1.82) is 0 Å². The minimum absolute atomic E-state index is 0.0570. The fourth-order valence-electron chi connectivity index (χ4n) is 2.75. The third-order valence-electron chi connectivity index (χ3n) is 4.16. The monoisotopic (exact) mass is 437 g/mol. The number of methoxy groups -OCH3 is 2. The lowest BCUT2D eigenvalue weighted by molar-refractivity contribution is -0.386. The van der Waals surface area contributed by atoms with Crippen LogP contribution in [0.1, 0.15) is 13.3 Å². The Labute approximate surface area is 174 Å². The van der Waals surface area contributed by atoms with Crippen LogP contribution in [0.5, 0.6) is 11.5 Å². The van der Waals surface area contributed by atoms with Gasteiger partial charge in [-0.25, -0.2) is 8.42 Å². The summed E-state index contributed by atoms with van der Waals surface area (Å²) < 4.78 is 37.2. The van der Waals surface area contributed by atoms with E-state index in [1.54, 1.807) is 31.2 Å². The molecule has 2 rings (SSSR count). The van der Waals surface area contributed by atoms with Gasteiger partial charge in [0.15, 0.2) is 5.75 Å². The summed E-state index contributed by atoms with van der Waals surface area (Å²) in [5.74, 6) is -0.198. The lowest BCUT2D eigenvalue weighted by atomic mass is 10.3. The van der Waals surface area contributed by atoms with Gasteiger partial charge in [-0.2, -0.15) is 4.31 Å². The van der Waals surface area contributed by atoms with E-state index in [0.717, 1.165) is 10.4 Å². The largest absolute Gasteiger partial charge is 0.495 e. The summed E-state index contributed by atoms with van der Waals surface area (Å²) in [6.45, 7) is 1.35.